The van der Waals surface area contributed by atoms with E-state index in [9.17, 15) is 9.90 Å². The van der Waals surface area contributed by atoms with E-state index in [1.807, 2.05) is 43.3 Å². The highest BCUT2D eigenvalue weighted by atomic mass is 16.3. The molecule has 1 heterocycles. The zero-order valence-electron chi connectivity index (χ0n) is 13.0. The number of fused-ring (bicyclic) bond motifs is 1. The van der Waals surface area contributed by atoms with Crippen molar-refractivity contribution < 1.29 is 9.90 Å². The fraction of sp³-hybridized carbons (Fsp3) is 0.562. The number of carbonyl (C=O) groups excluding carboxylic acids is 1. The SMILES string of the molecule is CN(C)CC(C)(O)CNC(=O)C1CNCc2ccccc21. The van der Waals surface area contributed by atoms with Crippen LogP contribution in [-0.2, 0) is 11.3 Å². The first-order valence-corrected chi connectivity index (χ1v) is 7.32. The maximum atomic E-state index is 12.4. The summed E-state index contributed by atoms with van der Waals surface area (Å²) < 4.78 is 0. The van der Waals surface area contributed by atoms with Crippen molar-refractivity contribution in [3.05, 3.63) is 35.4 Å². The van der Waals surface area contributed by atoms with Gasteiger partial charge in [0, 0.05) is 26.2 Å². The van der Waals surface area contributed by atoms with Crippen molar-refractivity contribution in [1.29, 1.82) is 0 Å². The molecule has 0 radical (unpaired) electrons. The monoisotopic (exact) mass is 291 g/mol. The number of rotatable bonds is 5. The predicted molar refractivity (Wildman–Crippen MR) is 83.1 cm³/mol. The van der Waals surface area contributed by atoms with E-state index in [1.165, 1.54) is 5.56 Å². The van der Waals surface area contributed by atoms with Crippen molar-refractivity contribution in [3.8, 4) is 0 Å². The molecule has 0 fully saturated rings. The number of benzene rings is 1. The van der Waals surface area contributed by atoms with Gasteiger partial charge in [0.15, 0.2) is 0 Å². The van der Waals surface area contributed by atoms with Crippen LogP contribution in [0.25, 0.3) is 0 Å². The van der Waals surface area contributed by atoms with Gasteiger partial charge in [-0.15, -0.1) is 0 Å². The normalized spacial score (nSPS) is 20.7. The van der Waals surface area contributed by atoms with E-state index in [2.05, 4.69) is 10.6 Å². The van der Waals surface area contributed by atoms with E-state index in [0.29, 0.717) is 13.1 Å². The average molecular weight is 291 g/mol. The Morgan fingerprint density at radius 3 is 2.90 bits per heavy atom. The number of carbonyl (C=O) groups is 1. The van der Waals surface area contributed by atoms with Gasteiger partial charge in [0.05, 0.1) is 11.5 Å². The van der Waals surface area contributed by atoms with Gasteiger partial charge in [-0.1, -0.05) is 24.3 Å². The summed E-state index contributed by atoms with van der Waals surface area (Å²) in [4.78, 5) is 14.3. The van der Waals surface area contributed by atoms with E-state index in [1.54, 1.807) is 6.92 Å². The third-order valence-electron chi connectivity index (χ3n) is 3.71. The van der Waals surface area contributed by atoms with Gasteiger partial charge in [-0.05, 0) is 32.1 Å². The minimum absolute atomic E-state index is 0.0336. The first kappa shape index (κ1) is 15.9. The summed E-state index contributed by atoms with van der Waals surface area (Å²) in [6, 6.07) is 8.01. The maximum absolute atomic E-state index is 12.4. The van der Waals surface area contributed by atoms with Gasteiger partial charge in [-0.2, -0.15) is 0 Å². The van der Waals surface area contributed by atoms with E-state index in [0.717, 1.165) is 12.1 Å². The van der Waals surface area contributed by atoms with Crippen LogP contribution < -0.4 is 10.6 Å². The Morgan fingerprint density at radius 2 is 2.19 bits per heavy atom. The van der Waals surface area contributed by atoms with Crippen LogP contribution in [0.5, 0.6) is 0 Å². The van der Waals surface area contributed by atoms with Gasteiger partial charge in [0.25, 0.3) is 0 Å². The van der Waals surface area contributed by atoms with Crippen molar-refractivity contribution >= 4 is 5.91 Å². The molecule has 1 aromatic rings. The van der Waals surface area contributed by atoms with Gasteiger partial charge in [-0.3, -0.25) is 4.79 Å². The lowest BCUT2D eigenvalue weighted by Crippen LogP contribution is -2.49. The summed E-state index contributed by atoms with van der Waals surface area (Å²) in [6.45, 7) is 3.94. The summed E-state index contributed by atoms with van der Waals surface area (Å²) >= 11 is 0. The molecular weight excluding hydrogens is 266 g/mol. The Bertz CT molecular complexity index is 500. The molecule has 0 saturated carbocycles. The number of aliphatic hydroxyl groups is 1. The summed E-state index contributed by atoms with van der Waals surface area (Å²) in [5.41, 5.74) is 1.32. The van der Waals surface area contributed by atoms with Crippen molar-refractivity contribution in [3.63, 3.8) is 0 Å². The Labute approximate surface area is 126 Å². The van der Waals surface area contributed by atoms with Crippen LogP contribution >= 0.6 is 0 Å². The van der Waals surface area contributed by atoms with E-state index in [4.69, 9.17) is 0 Å². The fourth-order valence-electron chi connectivity index (χ4n) is 2.87. The van der Waals surface area contributed by atoms with E-state index < -0.39 is 5.60 Å². The van der Waals surface area contributed by atoms with Crippen LogP contribution in [0.4, 0.5) is 0 Å². The Kier molecular flexibility index (Phi) is 4.98. The quantitative estimate of drug-likeness (QED) is 0.730. The van der Waals surface area contributed by atoms with Crippen molar-refractivity contribution in [2.75, 3.05) is 33.7 Å². The highest BCUT2D eigenvalue weighted by molar-refractivity contribution is 5.84. The van der Waals surface area contributed by atoms with Crippen LogP contribution in [0.1, 0.15) is 24.0 Å². The van der Waals surface area contributed by atoms with Crippen LogP contribution in [0.3, 0.4) is 0 Å². The largest absolute Gasteiger partial charge is 0.387 e. The number of amides is 1. The zero-order chi connectivity index (χ0) is 15.5. The maximum Gasteiger partial charge on any atom is 0.228 e. The Balaban J connectivity index is 1.99. The Hall–Kier alpha value is -1.43. The molecule has 5 heteroatoms. The topological polar surface area (TPSA) is 64.6 Å². The second kappa shape index (κ2) is 6.56. The van der Waals surface area contributed by atoms with E-state index in [-0.39, 0.29) is 18.4 Å². The number of hydrogen-bond acceptors (Lipinski definition) is 4. The minimum Gasteiger partial charge on any atom is -0.387 e. The van der Waals surface area contributed by atoms with Gasteiger partial charge in [0.1, 0.15) is 0 Å². The summed E-state index contributed by atoms with van der Waals surface area (Å²) in [5.74, 6) is -0.223. The molecule has 5 nitrogen and oxygen atoms in total. The Morgan fingerprint density at radius 1 is 1.48 bits per heavy atom. The molecule has 3 N–H and O–H groups in total. The molecule has 2 rings (SSSR count). The number of nitrogens with zero attached hydrogens (tertiary/aromatic N) is 1. The number of likely N-dealkylation sites (N-methyl/N-ethyl adjacent to an activating group) is 1. The molecule has 21 heavy (non-hydrogen) atoms. The van der Waals surface area contributed by atoms with Crippen LogP contribution in [0.15, 0.2) is 24.3 Å². The van der Waals surface area contributed by atoms with Crippen molar-refractivity contribution in [1.82, 2.24) is 15.5 Å². The predicted octanol–water partition coefficient (Wildman–Crippen LogP) is 0.302. The minimum atomic E-state index is -0.930. The standard InChI is InChI=1S/C16H25N3O2/c1-16(21,11-19(2)3)10-18-15(20)14-9-17-8-12-6-4-5-7-13(12)14/h4-7,14,17,21H,8-11H2,1-3H3,(H,18,20). The molecule has 0 saturated heterocycles. The molecule has 0 aliphatic carbocycles. The third-order valence-corrected chi connectivity index (χ3v) is 3.71. The molecule has 2 unspecified atom stereocenters. The van der Waals surface area contributed by atoms with Crippen LogP contribution in [0, 0.1) is 0 Å². The lowest BCUT2D eigenvalue weighted by atomic mass is 9.90. The highest BCUT2D eigenvalue weighted by Crippen LogP contribution is 2.23. The smallest absolute Gasteiger partial charge is 0.228 e. The van der Waals surface area contributed by atoms with Gasteiger partial charge >= 0.3 is 0 Å². The summed E-state index contributed by atoms with van der Waals surface area (Å²) in [7, 11) is 3.80. The lowest BCUT2D eigenvalue weighted by Gasteiger charge is -2.29. The highest BCUT2D eigenvalue weighted by Gasteiger charge is 2.28. The van der Waals surface area contributed by atoms with Crippen LogP contribution in [0.2, 0.25) is 0 Å². The van der Waals surface area contributed by atoms with Crippen molar-refractivity contribution in [2.45, 2.75) is 25.0 Å². The number of nitrogens with one attached hydrogen (secondary N) is 2. The molecule has 0 spiro atoms. The average Bonchev–Trinajstić information content (AvgIpc) is 2.43. The zero-order valence-corrected chi connectivity index (χ0v) is 13.0. The molecular formula is C16H25N3O2. The second-order valence-electron chi connectivity index (χ2n) is 6.33. The molecule has 0 aromatic heterocycles. The van der Waals surface area contributed by atoms with Gasteiger partial charge in [-0.25, -0.2) is 0 Å². The first-order chi connectivity index (χ1) is 9.89. The molecule has 1 amide bonds. The lowest BCUT2D eigenvalue weighted by molar-refractivity contribution is -0.123. The first-order valence-electron chi connectivity index (χ1n) is 7.32. The second-order valence-corrected chi connectivity index (χ2v) is 6.33. The number of hydrogen-bond donors (Lipinski definition) is 3. The van der Waals surface area contributed by atoms with Crippen LogP contribution in [-0.4, -0.2) is 55.2 Å². The summed E-state index contributed by atoms with van der Waals surface area (Å²) in [5, 5.41) is 16.4. The van der Waals surface area contributed by atoms with Gasteiger partial charge in [0.2, 0.25) is 5.91 Å². The molecule has 2 atom stereocenters. The molecule has 116 valence electrons. The molecule has 1 aliphatic heterocycles. The van der Waals surface area contributed by atoms with Gasteiger partial charge < -0.3 is 20.6 Å². The summed E-state index contributed by atoms with van der Waals surface area (Å²) in [6.07, 6.45) is 0. The molecule has 1 aromatic carbocycles. The van der Waals surface area contributed by atoms with E-state index >= 15 is 0 Å². The molecule has 1 aliphatic rings. The third kappa shape index (κ3) is 4.27. The molecule has 0 bridgehead atoms. The fourth-order valence-corrected chi connectivity index (χ4v) is 2.87. The van der Waals surface area contributed by atoms with Crippen molar-refractivity contribution in [2.24, 2.45) is 0 Å².